The van der Waals surface area contributed by atoms with Gasteiger partial charge >= 0.3 is 5.97 Å². The molecule has 0 aliphatic rings. The van der Waals surface area contributed by atoms with Crippen molar-refractivity contribution in [2.75, 3.05) is 20.3 Å². The molecule has 4 nitrogen and oxygen atoms in total. The van der Waals surface area contributed by atoms with Gasteiger partial charge in [0.25, 0.3) is 0 Å². The molecular weight excluding hydrogens is 287 g/mol. The van der Waals surface area contributed by atoms with E-state index in [9.17, 15) is 9.32 Å². The van der Waals surface area contributed by atoms with Gasteiger partial charge in [-0.1, -0.05) is 31.2 Å². The molecule has 0 aliphatic heterocycles. The maximum atomic E-state index is 12.4. The van der Waals surface area contributed by atoms with Gasteiger partial charge in [0.15, 0.2) is 0 Å². The number of benzene rings is 2. The Morgan fingerprint density at radius 1 is 1.18 bits per heavy atom. The van der Waals surface area contributed by atoms with Gasteiger partial charge in [-0.2, -0.15) is 0 Å². The molecule has 0 spiro atoms. The lowest BCUT2D eigenvalue weighted by Gasteiger charge is -2.14. The van der Waals surface area contributed by atoms with E-state index in [0.29, 0.717) is 25.4 Å². The summed E-state index contributed by atoms with van der Waals surface area (Å²) < 4.78 is 23.1. The summed E-state index contributed by atoms with van der Waals surface area (Å²) in [5.74, 6) is -0.450. The molecule has 118 valence electrons. The molecule has 0 unspecified atom stereocenters. The fourth-order valence-corrected chi connectivity index (χ4v) is 2.51. The van der Waals surface area contributed by atoms with Gasteiger partial charge in [0, 0.05) is 30.0 Å². The number of ether oxygens (including phenoxy) is 2. The quantitative estimate of drug-likeness (QED) is 0.729. The molecule has 0 aromatic heterocycles. The first-order chi connectivity index (χ1) is 10.7. The zero-order valence-corrected chi connectivity index (χ0v) is 12.7. The van der Waals surface area contributed by atoms with Crippen LogP contribution in [0.15, 0.2) is 30.3 Å². The third-order valence-corrected chi connectivity index (χ3v) is 3.51. The number of fused-ring (bicyclic) bond motifs is 1. The molecular formula is C17H19FO4. The molecule has 0 saturated carbocycles. The molecule has 22 heavy (non-hydrogen) atoms. The Kier molecular flexibility index (Phi) is 5.72. The normalized spacial score (nSPS) is 10.7. The van der Waals surface area contributed by atoms with Crippen LogP contribution in [0.1, 0.15) is 29.3 Å². The standard InChI is InChI=1S/C17H19FO4/c1-3-12-13-7-4-5-8-14(13)16(21-10-6-9-20-2)11-15(12)17(19)22-18/h4-5,7-8,11H,3,6,9-10H2,1-2H3. The van der Waals surface area contributed by atoms with Crippen LogP contribution in [0, 0.1) is 0 Å². The summed E-state index contributed by atoms with van der Waals surface area (Å²) in [4.78, 5) is 15.1. The van der Waals surface area contributed by atoms with Gasteiger partial charge in [0.2, 0.25) is 0 Å². The van der Waals surface area contributed by atoms with Crippen LogP contribution in [0.4, 0.5) is 4.53 Å². The Morgan fingerprint density at radius 3 is 2.55 bits per heavy atom. The van der Waals surface area contributed by atoms with Crippen LogP contribution >= 0.6 is 0 Å². The minimum atomic E-state index is -0.996. The molecule has 0 radical (unpaired) electrons. The van der Waals surface area contributed by atoms with Gasteiger partial charge in [0.05, 0.1) is 12.2 Å². The van der Waals surface area contributed by atoms with Crippen molar-refractivity contribution in [2.45, 2.75) is 19.8 Å². The summed E-state index contributed by atoms with van der Waals surface area (Å²) >= 11 is 0. The highest BCUT2D eigenvalue weighted by atomic mass is 19.3. The van der Waals surface area contributed by atoms with Crippen molar-refractivity contribution in [1.29, 1.82) is 0 Å². The second kappa shape index (κ2) is 7.75. The fourth-order valence-electron chi connectivity index (χ4n) is 2.51. The van der Waals surface area contributed by atoms with Gasteiger partial charge in [-0.05, 0) is 23.4 Å². The Balaban J connectivity index is 2.47. The van der Waals surface area contributed by atoms with Crippen LogP contribution < -0.4 is 4.74 Å². The average Bonchev–Trinajstić information content (AvgIpc) is 2.57. The molecule has 0 amide bonds. The van der Waals surface area contributed by atoms with Gasteiger partial charge in [-0.3, -0.25) is 0 Å². The molecule has 2 rings (SSSR count). The Hall–Kier alpha value is -2.14. The Morgan fingerprint density at radius 2 is 1.91 bits per heavy atom. The number of carbonyl (C=O) groups is 1. The van der Waals surface area contributed by atoms with Gasteiger partial charge in [0.1, 0.15) is 5.75 Å². The van der Waals surface area contributed by atoms with E-state index in [2.05, 4.69) is 4.94 Å². The first-order valence-corrected chi connectivity index (χ1v) is 7.22. The predicted octanol–water partition coefficient (Wildman–Crippen LogP) is 3.86. The molecule has 2 aromatic carbocycles. The minimum Gasteiger partial charge on any atom is -0.493 e. The monoisotopic (exact) mass is 306 g/mol. The number of halogens is 1. The Bertz CT molecular complexity index is 654. The molecule has 5 heteroatoms. The topological polar surface area (TPSA) is 44.8 Å². The van der Waals surface area contributed by atoms with Crippen LogP contribution in [0.25, 0.3) is 10.8 Å². The smallest absolute Gasteiger partial charge is 0.379 e. The summed E-state index contributed by atoms with van der Waals surface area (Å²) in [5.41, 5.74) is 0.952. The van der Waals surface area contributed by atoms with Gasteiger partial charge < -0.3 is 9.47 Å². The second-order valence-corrected chi connectivity index (χ2v) is 4.86. The first-order valence-electron chi connectivity index (χ1n) is 7.22. The third kappa shape index (κ3) is 3.36. The van der Waals surface area contributed by atoms with Crippen molar-refractivity contribution >= 4 is 16.7 Å². The van der Waals surface area contributed by atoms with Crippen LogP contribution in [0.2, 0.25) is 0 Å². The minimum absolute atomic E-state index is 0.199. The van der Waals surface area contributed by atoms with Crippen LogP contribution in [0.3, 0.4) is 0 Å². The van der Waals surface area contributed by atoms with E-state index >= 15 is 0 Å². The molecule has 0 N–H and O–H groups in total. The summed E-state index contributed by atoms with van der Waals surface area (Å²) in [5, 5.41) is 1.77. The van der Waals surface area contributed by atoms with Crippen molar-refractivity contribution in [2.24, 2.45) is 0 Å². The van der Waals surface area contributed by atoms with Crippen molar-refractivity contribution in [3.63, 3.8) is 0 Å². The zero-order chi connectivity index (χ0) is 15.9. The molecule has 0 fully saturated rings. The predicted molar refractivity (Wildman–Crippen MR) is 81.8 cm³/mol. The number of rotatable bonds is 7. The molecule has 0 aliphatic carbocycles. The lowest BCUT2D eigenvalue weighted by atomic mass is 9.96. The lowest BCUT2D eigenvalue weighted by Crippen LogP contribution is -2.07. The van der Waals surface area contributed by atoms with Crippen molar-refractivity contribution in [1.82, 2.24) is 0 Å². The number of hydrogen-bond acceptors (Lipinski definition) is 4. The molecule has 2 aromatic rings. The average molecular weight is 306 g/mol. The Labute approximate surface area is 128 Å². The summed E-state index contributed by atoms with van der Waals surface area (Å²) in [6, 6.07) is 9.14. The third-order valence-electron chi connectivity index (χ3n) is 3.51. The van der Waals surface area contributed by atoms with E-state index < -0.39 is 5.97 Å². The van der Waals surface area contributed by atoms with E-state index in [1.54, 1.807) is 13.2 Å². The van der Waals surface area contributed by atoms with Crippen LogP contribution in [-0.4, -0.2) is 26.3 Å². The summed E-state index contributed by atoms with van der Waals surface area (Å²) in [6.45, 7) is 2.95. The van der Waals surface area contributed by atoms with E-state index in [4.69, 9.17) is 9.47 Å². The van der Waals surface area contributed by atoms with Crippen LogP contribution in [0.5, 0.6) is 5.75 Å². The van der Waals surface area contributed by atoms with Gasteiger partial charge in [-0.25, -0.2) is 9.74 Å². The summed E-state index contributed by atoms with van der Waals surface area (Å²) in [7, 11) is 1.63. The molecule has 0 bridgehead atoms. The fraction of sp³-hybridized carbons (Fsp3) is 0.353. The highest BCUT2D eigenvalue weighted by Crippen LogP contribution is 2.32. The maximum Gasteiger partial charge on any atom is 0.379 e. The highest BCUT2D eigenvalue weighted by molar-refractivity contribution is 6.01. The van der Waals surface area contributed by atoms with E-state index in [0.717, 1.165) is 22.8 Å². The molecule has 0 atom stereocenters. The zero-order valence-electron chi connectivity index (χ0n) is 12.7. The largest absolute Gasteiger partial charge is 0.493 e. The van der Waals surface area contributed by atoms with Crippen LogP contribution in [-0.2, 0) is 16.1 Å². The molecule has 0 saturated heterocycles. The summed E-state index contributed by atoms with van der Waals surface area (Å²) in [6.07, 6.45) is 1.32. The lowest BCUT2D eigenvalue weighted by molar-refractivity contribution is -0.0788. The number of aryl methyl sites for hydroxylation is 1. The maximum absolute atomic E-state index is 12.4. The van der Waals surface area contributed by atoms with Crippen molar-refractivity contribution in [3.8, 4) is 5.75 Å². The number of hydrogen-bond donors (Lipinski definition) is 0. The van der Waals surface area contributed by atoms with Crippen molar-refractivity contribution < 1.29 is 23.7 Å². The van der Waals surface area contributed by atoms with E-state index in [1.807, 2.05) is 31.2 Å². The van der Waals surface area contributed by atoms with E-state index in [1.165, 1.54) is 0 Å². The number of methoxy groups -OCH3 is 1. The van der Waals surface area contributed by atoms with E-state index in [-0.39, 0.29) is 5.56 Å². The highest BCUT2D eigenvalue weighted by Gasteiger charge is 2.18. The number of carbonyl (C=O) groups excluding carboxylic acids is 1. The van der Waals surface area contributed by atoms with Gasteiger partial charge in [-0.15, -0.1) is 0 Å². The molecule has 0 heterocycles. The second-order valence-electron chi connectivity index (χ2n) is 4.86. The first kappa shape index (κ1) is 16.2. The SMILES string of the molecule is CCc1c(C(=O)OF)cc(OCCCOC)c2ccccc12. The van der Waals surface area contributed by atoms with Crippen molar-refractivity contribution in [3.05, 3.63) is 41.5 Å².